The van der Waals surface area contributed by atoms with Crippen molar-refractivity contribution in [2.75, 3.05) is 33.3 Å². The van der Waals surface area contributed by atoms with Gasteiger partial charge in [-0.2, -0.15) is 0 Å². The Hall–Kier alpha value is -1.82. The molecule has 3 fully saturated rings. The molecule has 0 unspecified atom stereocenters. The quantitative estimate of drug-likeness (QED) is 0.739. The third-order valence-electron chi connectivity index (χ3n) is 7.32. The molecule has 2 heterocycles. The largest absolute Gasteiger partial charge is 0.497 e. The van der Waals surface area contributed by atoms with Crippen molar-refractivity contribution in [2.45, 2.75) is 63.8 Å². The van der Waals surface area contributed by atoms with Crippen LogP contribution in [0, 0.1) is 5.41 Å². The van der Waals surface area contributed by atoms with Gasteiger partial charge in [-0.1, -0.05) is 31.4 Å². The maximum atomic E-state index is 12.8. The van der Waals surface area contributed by atoms with Crippen LogP contribution in [0.15, 0.2) is 24.3 Å². The fourth-order valence-corrected chi connectivity index (χ4v) is 5.65. The number of thiocarbonyl (C=S) groups is 1. The molecule has 1 aromatic rings. The van der Waals surface area contributed by atoms with Crippen molar-refractivity contribution < 1.29 is 9.53 Å². The number of amides is 1. The number of carbonyl (C=O) groups is 1. The molecule has 4 rings (SSSR count). The number of rotatable bonds is 4. The van der Waals surface area contributed by atoms with E-state index in [1.807, 2.05) is 29.2 Å². The SMILES string of the molecule is COc1cccc(CC(=O)N2CCC3(CC2)CCN(C(=S)NC2CCCCC2)C3)c1. The van der Waals surface area contributed by atoms with Crippen LogP contribution in [0.25, 0.3) is 0 Å². The van der Waals surface area contributed by atoms with Crippen LogP contribution in [-0.2, 0) is 11.2 Å². The van der Waals surface area contributed by atoms with Crippen molar-refractivity contribution >= 4 is 23.2 Å². The highest BCUT2D eigenvalue weighted by molar-refractivity contribution is 7.80. The van der Waals surface area contributed by atoms with Gasteiger partial charge in [0.1, 0.15) is 5.75 Å². The van der Waals surface area contributed by atoms with Gasteiger partial charge in [-0.15, -0.1) is 0 Å². The molecule has 6 heteroatoms. The molecule has 1 aliphatic carbocycles. The van der Waals surface area contributed by atoms with Crippen molar-refractivity contribution in [1.29, 1.82) is 0 Å². The summed E-state index contributed by atoms with van der Waals surface area (Å²) in [6, 6.07) is 8.39. The lowest BCUT2D eigenvalue weighted by molar-refractivity contribution is -0.132. The summed E-state index contributed by atoms with van der Waals surface area (Å²) < 4.78 is 5.28. The summed E-state index contributed by atoms with van der Waals surface area (Å²) in [4.78, 5) is 17.2. The molecule has 0 atom stereocenters. The number of methoxy groups -OCH3 is 1. The van der Waals surface area contributed by atoms with Gasteiger partial charge in [0.05, 0.1) is 13.5 Å². The number of nitrogens with one attached hydrogen (secondary N) is 1. The fraction of sp³-hybridized carbons (Fsp3) is 0.667. The minimum Gasteiger partial charge on any atom is -0.497 e. The zero-order chi connectivity index (χ0) is 21.0. The topological polar surface area (TPSA) is 44.8 Å². The molecule has 0 bridgehead atoms. The first-order valence-corrected chi connectivity index (χ1v) is 11.9. The van der Waals surface area contributed by atoms with E-state index in [1.54, 1.807) is 7.11 Å². The molecule has 5 nitrogen and oxygen atoms in total. The Morgan fingerprint density at radius 2 is 1.83 bits per heavy atom. The molecular formula is C24H35N3O2S. The minimum atomic E-state index is 0.224. The van der Waals surface area contributed by atoms with Crippen molar-refractivity contribution in [3.63, 3.8) is 0 Å². The lowest BCUT2D eigenvalue weighted by Gasteiger charge is -2.39. The Kier molecular flexibility index (Phi) is 6.81. The van der Waals surface area contributed by atoms with Crippen molar-refractivity contribution in [3.8, 4) is 5.75 Å². The summed E-state index contributed by atoms with van der Waals surface area (Å²) in [7, 11) is 1.66. The van der Waals surface area contributed by atoms with E-state index < -0.39 is 0 Å². The minimum absolute atomic E-state index is 0.224. The summed E-state index contributed by atoms with van der Waals surface area (Å²) in [5.74, 6) is 1.03. The van der Waals surface area contributed by atoms with E-state index in [1.165, 1.54) is 38.5 Å². The Labute approximate surface area is 186 Å². The zero-order valence-corrected chi connectivity index (χ0v) is 19.0. The lowest BCUT2D eigenvalue weighted by atomic mass is 9.77. The van der Waals surface area contributed by atoms with Gasteiger partial charge in [-0.3, -0.25) is 4.79 Å². The van der Waals surface area contributed by atoms with Crippen molar-refractivity contribution in [3.05, 3.63) is 29.8 Å². The van der Waals surface area contributed by atoms with Crippen LogP contribution in [0.4, 0.5) is 0 Å². The van der Waals surface area contributed by atoms with Crippen LogP contribution in [0.3, 0.4) is 0 Å². The number of benzene rings is 1. The molecule has 2 aliphatic heterocycles. The molecule has 1 saturated carbocycles. The Morgan fingerprint density at radius 3 is 2.53 bits per heavy atom. The normalized spacial score (nSPS) is 21.6. The number of carbonyl (C=O) groups excluding carboxylic acids is 1. The Morgan fingerprint density at radius 1 is 1.13 bits per heavy atom. The molecule has 164 valence electrons. The van der Waals surface area contributed by atoms with Crippen LogP contribution < -0.4 is 10.1 Å². The highest BCUT2D eigenvalue weighted by atomic mass is 32.1. The summed E-state index contributed by atoms with van der Waals surface area (Å²) in [5, 5.41) is 4.58. The molecular weight excluding hydrogens is 394 g/mol. The van der Waals surface area contributed by atoms with Crippen LogP contribution in [0.5, 0.6) is 5.75 Å². The number of hydrogen-bond donors (Lipinski definition) is 1. The maximum absolute atomic E-state index is 12.8. The van der Waals surface area contributed by atoms with E-state index in [-0.39, 0.29) is 5.91 Å². The van der Waals surface area contributed by atoms with Gasteiger partial charge in [0, 0.05) is 32.2 Å². The smallest absolute Gasteiger partial charge is 0.226 e. The summed E-state index contributed by atoms with van der Waals surface area (Å²) >= 11 is 5.75. The molecule has 3 aliphatic rings. The van der Waals surface area contributed by atoms with Crippen LogP contribution in [-0.4, -0.2) is 60.2 Å². The number of nitrogens with zero attached hydrogens (tertiary/aromatic N) is 2. The standard InChI is InChI=1S/C24H35N3O2S/c1-29-21-9-5-6-19(16-21)17-22(28)26-13-10-24(11-14-26)12-15-27(18-24)23(30)25-20-7-3-2-4-8-20/h5-6,9,16,20H,2-4,7-8,10-15,17-18H2,1H3,(H,25,30). The average molecular weight is 430 g/mol. The first-order chi connectivity index (χ1) is 14.6. The van der Waals surface area contributed by atoms with E-state index in [0.29, 0.717) is 17.9 Å². The zero-order valence-electron chi connectivity index (χ0n) is 18.2. The van der Waals surface area contributed by atoms with Gasteiger partial charge < -0.3 is 19.9 Å². The fourth-order valence-electron chi connectivity index (χ4n) is 5.33. The number of piperidine rings is 1. The second kappa shape index (κ2) is 9.54. The van der Waals surface area contributed by atoms with Gasteiger partial charge in [-0.25, -0.2) is 0 Å². The number of ether oxygens (including phenoxy) is 1. The molecule has 30 heavy (non-hydrogen) atoms. The van der Waals surface area contributed by atoms with Crippen molar-refractivity contribution in [1.82, 2.24) is 15.1 Å². The molecule has 0 radical (unpaired) electrons. The van der Waals surface area contributed by atoms with E-state index in [4.69, 9.17) is 17.0 Å². The maximum Gasteiger partial charge on any atom is 0.226 e. The van der Waals surface area contributed by atoms with Gasteiger partial charge in [-0.05, 0) is 67.4 Å². The van der Waals surface area contributed by atoms with Gasteiger partial charge in [0.25, 0.3) is 0 Å². The first kappa shape index (κ1) is 21.4. The number of likely N-dealkylation sites (tertiary alicyclic amines) is 2. The molecule has 1 spiro atoms. The average Bonchev–Trinajstić information content (AvgIpc) is 3.18. The highest BCUT2D eigenvalue weighted by Crippen LogP contribution is 2.40. The molecule has 2 saturated heterocycles. The van der Waals surface area contributed by atoms with E-state index in [9.17, 15) is 4.79 Å². The number of hydrogen-bond acceptors (Lipinski definition) is 3. The molecule has 1 aromatic carbocycles. The highest BCUT2D eigenvalue weighted by Gasteiger charge is 2.42. The molecule has 1 amide bonds. The Bertz CT molecular complexity index is 755. The Balaban J connectivity index is 1.25. The van der Waals surface area contributed by atoms with Crippen LogP contribution >= 0.6 is 12.2 Å². The van der Waals surface area contributed by atoms with Gasteiger partial charge in [0.2, 0.25) is 5.91 Å². The third-order valence-corrected chi connectivity index (χ3v) is 7.70. The first-order valence-electron chi connectivity index (χ1n) is 11.5. The third kappa shape index (κ3) is 5.08. The summed E-state index contributed by atoms with van der Waals surface area (Å²) in [6.07, 6.45) is 10.3. The van der Waals surface area contributed by atoms with E-state index in [0.717, 1.165) is 55.4 Å². The molecule has 0 aromatic heterocycles. The summed E-state index contributed by atoms with van der Waals surface area (Å²) in [6.45, 7) is 3.82. The summed E-state index contributed by atoms with van der Waals surface area (Å²) in [5.41, 5.74) is 1.34. The molecule has 1 N–H and O–H groups in total. The monoisotopic (exact) mass is 429 g/mol. The van der Waals surface area contributed by atoms with Gasteiger partial charge in [0.15, 0.2) is 5.11 Å². The second-order valence-electron chi connectivity index (χ2n) is 9.37. The predicted molar refractivity (Wildman–Crippen MR) is 124 cm³/mol. The van der Waals surface area contributed by atoms with E-state index in [2.05, 4.69) is 10.2 Å². The van der Waals surface area contributed by atoms with Gasteiger partial charge >= 0.3 is 0 Å². The van der Waals surface area contributed by atoms with E-state index >= 15 is 0 Å². The predicted octanol–water partition coefficient (Wildman–Crippen LogP) is 3.76. The van der Waals surface area contributed by atoms with Crippen LogP contribution in [0.1, 0.15) is 56.9 Å². The van der Waals surface area contributed by atoms with Crippen molar-refractivity contribution in [2.24, 2.45) is 5.41 Å². The van der Waals surface area contributed by atoms with Crippen LogP contribution in [0.2, 0.25) is 0 Å². The second-order valence-corrected chi connectivity index (χ2v) is 9.75. The lowest BCUT2D eigenvalue weighted by Crippen LogP contribution is -2.47.